The van der Waals surface area contributed by atoms with Gasteiger partial charge in [0, 0.05) is 5.04 Å². The molecule has 0 aliphatic carbocycles. The molecule has 0 fully saturated rings. The third kappa shape index (κ3) is 16.5. The monoisotopic (exact) mass is 266 g/mol. The Bertz CT molecular complexity index is 250. The highest BCUT2D eigenvalue weighted by Gasteiger charge is 1.79. The topological polar surface area (TPSA) is 27.7 Å². The van der Waals surface area contributed by atoms with Crippen molar-refractivity contribution in [1.29, 1.82) is 0 Å². The van der Waals surface area contributed by atoms with E-state index in [-0.39, 0.29) is 0 Å². The lowest BCUT2D eigenvalue weighted by Crippen LogP contribution is -1.83. The zero-order chi connectivity index (χ0) is 14.0. The second-order valence-corrected chi connectivity index (χ2v) is 4.06. The van der Waals surface area contributed by atoms with Gasteiger partial charge in [-0.05, 0) is 25.0 Å². The summed E-state index contributed by atoms with van der Waals surface area (Å²) in [5, 5.41) is 4.45. The quantitative estimate of drug-likeness (QED) is 0.156. The van der Waals surface area contributed by atoms with Crippen molar-refractivity contribution in [3.05, 3.63) is 49.0 Å². The van der Waals surface area contributed by atoms with Crippen LogP contribution in [0.3, 0.4) is 0 Å². The van der Waals surface area contributed by atoms with Crippen LogP contribution >= 0.6 is 0 Å². The number of unbranched alkanes of at least 4 members (excludes halogenated alkanes) is 4. The van der Waals surface area contributed by atoms with Crippen LogP contribution in [-0.2, 0) is 14.8 Å². The summed E-state index contributed by atoms with van der Waals surface area (Å²) < 4.78 is 0. The van der Waals surface area contributed by atoms with Crippen LogP contribution in [0.5, 0.6) is 0 Å². The number of hydrogen-bond acceptors (Lipinski definition) is 3. The summed E-state index contributed by atoms with van der Waals surface area (Å²) in [6.45, 7) is 4.34. The minimum absolute atomic E-state index is 1.09. The van der Waals surface area contributed by atoms with Crippen molar-refractivity contribution < 1.29 is 14.8 Å². The van der Waals surface area contributed by atoms with Crippen LogP contribution < -0.4 is 0 Å². The van der Waals surface area contributed by atoms with Crippen molar-refractivity contribution in [2.75, 3.05) is 0 Å². The first-order valence-electron chi connectivity index (χ1n) is 7.04. The standard InChI is InChI=1S/C16H26O3/c1-3-5-7-9-11-13-15-17-19-18-16-14-12-10-8-6-4-2/h9-16H,3-8H2,1-2H3. The molecule has 0 aromatic heterocycles. The van der Waals surface area contributed by atoms with E-state index in [4.69, 9.17) is 0 Å². The second kappa shape index (κ2) is 16.5. The lowest BCUT2D eigenvalue weighted by Gasteiger charge is -1.93. The Kier molecular flexibility index (Phi) is 15.2. The molecule has 3 heteroatoms. The largest absolute Gasteiger partial charge is 0.307 e. The van der Waals surface area contributed by atoms with Crippen LogP contribution in [0.2, 0.25) is 0 Å². The molecule has 0 aliphatic heterocycles. The lowest BCUT2D eigenvalue weighted by molar-refractivity contribution is -0.465. The van der Waals surface area contributed by atoms with Gasteiger partial charge in [-0.1, -0.05) is 63.8 Å². The van der Waals surface area contributed by atoms with Crippen molar-refractivity contribution in [3.8, 4) is 0 Å². The minimum Gasteiger partial charge on any atom is -0.307 e. The van der Waals surface area contributed by atoms with Crippen LogP contribution in [-0.4, -0.2) is 0 Å². The highest BCUT2D eigenvalue weighted by Crippen LogP contribution is 1.96. The Hall–Kier alpha value is -1.48. The summed E-state index contributed by atoms with van der Waals surface area (Å²) in [6.07, 6.45) is 21.4. The predicted octanol–water partition coefficient (Wildman–Crippen LogP) is 5.39. The number of hydrogen-bond donors (Lipinski definition) is 0. The number of rotatable bonds is 12. The Morgan fingerprint density at radius 2 is 1.16 bits per heavy atom. The van der Waals surface area contributed by atoms with E-state index < -0.39 is 0 Å². The molecule has 0 aliphatic rings. The summed E-state index contributed by atoms with van der Waals surface area (Å²) in [5.41, 5.74) is 0. The van der Waals surface area contributed by atoms with Crippen molar-refractivity contribution in [2.24, 2.45) is 0 Å². The Balaban J connectivity index is 3.34. The Morgan fingerprint density at radius 1 is 0.684 bits per heavy atom. The zero-order valence-corrected chi connectivity index (χ0v) is 12.1. The van der Waals surface area contributed by atoms with Gasteiger partial charge in [0.15, 0.2) is 0 Å². The first-order chi connectivity index (χ1) is 9.41. The molecule has 0 unspecified atom stereocenters. The van der Waals surface area contributed by atoms with Gasteiger partial charge in [0.1, 0.15) is 12.5 Å². The van der Waals surface area contributed by atoms with Gasteiger partial charge in [0.05, 0.1) is 0 Å². The minimum atomic E-state index is 1.09. The molecule has 0 atom stereocenters. The molecular weight excluding hydrogens is 240 g/mol. The fourth-order valence-corrected chi connectivity index (χ4v) is 1.22. The second-order valence-electron chi connectivity index (χ2n) is 4.06. The molecule has 19 heavy (non-hydrogen) atoms. The van der Waals surface area contributed by atoms with E-state index in [9.17, 15) is 0 Å². The normalized spacial score (nSPS) is 12.3. The Labute approximate surface area is 117 Å². The van der Waals surface area contributed by atoms with E-state index >= 15 is 0 Å². The van der Waals surface area contributed by atoms with Gasteiger partial charge < -0.3 is 9.78 Å². The maximum absolute atomic E-state index is 4.66. The lowest BCUT2D eigenvalue weighted by atomic mass is 10.2. The smallest absolute Gasteiger partial charge is 0.133 e. The van der Waals surface area contributed by atoms with E-state index in [1.54, 1.807) is 12.2 Å². The Morgan fingerprint density at radius 3 is 1.58 bits per heavy atom. The summed E-state index contributed by atoms with van der Waals surface area (Å²) in [7, 11) is 0. The van der Waals surface area contributed by atoms with Crippen LogP contribution in [0, 0.1) is 0 Å². The molecule has 0 bridgehead atoms. The van der Waals surface area contributed by atoms with E-state index in [0.717, 1.165) is 12.8 Å². The van der Waals surface area contributed by atoms with Crippen molar-refractivity contribution in [2.45, 2.75) is 52.4 Å². The maximum atomic E-state index is 4.66. The van der Waals surface area contributed by atoms with Gasteiger partial charge in [0.25, 0.3) is 0 Å². The van der Waals surface area contributed by atoms with Gasteiger partial charge in [-0.25, -0.2) is 0 Å². The zero-order valence-electron chi connectivity index (χ0n) is 12.1. The highest BCUT2D eigenvalue weighted by molar-refractivity contribution is 4.99. The van der Waals surface area contributed by atoms with Crippen LogP contribution in [0.25, 0.3) is 0 Å². The van der Waals surface area contributed by atoms with Crippen LogP contribution in [0.15, 0.2) is 49.0 Å². The van der Waals surface area contributed by atoms with Crippen molar-refractivity contribution >= 4 is 0 Å². The van der Waals surface area contributed by atoms with Gasteiger partial charge in [-0.3, -0.25) is 0 Å². The van der Waals surface area contributed by atoms with E-state index in [0.29, 0.717) is 0 Å². The average molecular weight is 266 g/mol. The molecule has 0 saturated carbocycles. The molecule has 0 radical (unpaired) electrons. The molecule has 3 nitrogen and oxygen atoms in total. The van der Waals surface area contributed by atoms with E-state index in [1.807, 2.05) is 12.2 Å². The SMILES string of the molecule is CCCCC=CC=COOOC=CC=CCCCC. The highest BCUT2D eigenvalue weighted by atomic mass is 17.5. The first-order valence-corrected chi connectivity index (χ1v) is 7.04. The summed E-state index contributed by atoms with van der Waals surface area (Å²) in [6, 6.07) is 0. The van der Waals surface area contributed by atoms with E-state index in [2.05, 4.69) is 40.8 Å². The number of allylic oxidation sites excluding steroid dienone is 6. The van der Waals surface area contributed by atoms with Gasteiger partial charge in [-0.2, -0.15) is 0 Å². The summed E-state index contributed by atoms with van der Waals surface area (Å²) in [4.78, 5) is 9.31. The molecule has 0 aromatic carbocycles. The molecule has 108 valence electrons. The van der Waals surface area contributed by atoms with Gasteiger partial charge in [-0.15, -0.1) is 0 Å². The van der Waals surface area contributed by atoms with Crippen LogP contribution in [0.1, 0.15) is 52.4 Å². The van der Waals surface area contributed by atoms with Crippen molar-refractivity contribution in [1.82, 2.24) is 0 Å². The summed E-state index contributed by atoms with van der Waals surface area (Å²) >= 11 is 0. The third-order valence-corrected chi connectivity index (χ3v) is 2.29. The van der Waals surface area contributed by atoms with Crippen LogP contribution in [0.4, 0.5) is 0 Å². The van der Waals surface area contributed by atoms with E-state index in [1.165, 1.54) is 38.2 Å². The predicted molar refractivity (Wildman–Crippen MR) is 78.9 cm³/mol. The molecular formula is C16H26O3. The molecule has 0 spiro atoms. The molecule has 0 heterocycles. The fourth-order valence-electron chi connectivity index (χ4n) is 1.22. The molecule has 0 amide bonds. The van der Waals surface area contributed by atoms with Crippen molar-refractivity contribution in [3.63, 3.8) is 0 Å². The first kappa shape index (κ1) is 17.5. The maximum Gasteiger partial charge on any atom is 0.133 e. The molecule has 0 rings (SSSR count). The van der Waals surface area contributed by atoms with Gasteiger partial charge >= 0.3 is 0 Å². The molecule has 0 saturated heterocycles. The third-order valence-electron chi connectivity index (χ3n) is 2.29. The average Bonchev–Trinajstić information content (AvgIpc) is 2.43. The summed E-state index contributed by atoms with van der Waals surface area (Å²) in [5.74, 6) is 0. The fraction of sp³-hybridized carbons (Fsp3) is 0.500. The molecule has 0 aromatic rings. The van der Waals surface area contributed by atoms with Gasteiger partial charge in [0.2, 0.25) is 0 Å². The molecule has 0 N–H and O–H groups in total.